The van der Waals surface area contributed by atoms with Gasteiger partial charge in [-0.05, 0) is 36.2 Å². The molecule has 0 unspecified atom stereocenters. The number of hydrogen-bond donors (Lipinski definition) is 3. The summed E-state index contributed by atoms with van der Waals surface area (Å²) < 4.78 is 26.9. The molecule has 2 aromatic carbocycles. The fourth-order valence-corrected chi connectivity index (χ4v) is 3.41. The molecular weight excluding hydrogens is 366 g/mol. The van der Waals surface area contributed by atoms with Gasteiger partial charge in [-0.15, -0.1) is 0 Å². The average molecular weight is 389 g/mol. The monoisotopic (exact) mass is 389 g/mol. The fourth-order valence-electron chi connectivity index (χ4n) is 2.38. The van der Waals surface area contributed by atoms with Gasteiger partial charge in [0.1, 0.15) is 0 Å². The molecular formula is C19H23N3O4S. The Morgan fingerprint density at radius 2 is 1.59 bits per heavy atom. The molecule has 2 aromatic rings. The highest BCUT2D eigenvalue weighted by Gasteiger charge is 2.13. The first-order valence-corrected chi connectivity index (χ1v) is 10.0. The third-order valence-corrected chi connectivity index (χ3v) is 5.18. The number of rotatable bonds is 9. The Balaban J connectivity index is 1.73. The number of hydrogen-bond acceptors (Lipinski definition) is 4. The lowest BCUT2D eigenvalue weighted by Gasteiger charge is -2.09. The largest absolute Gasteiger partial charge is 0.355 e. The number of carbonyl (C=O) groups is 2. The normalized spacial score (nSPS) is 11.0. The van der Waals surface area contributed by atoms with E-state index in [0.717, 1.165) is 5.56 Å². The average Bonchev–Trinajstić information content (AvgIpc) is 2.64. The van der Waals surface area contributed by atoms with Crippen LogP contribution in [0, 0.1) is 0 Å². The van der Waals surface area contributed by atoms with E-state index in [2.05, 4.69) is 15.4 Å². The quantitative estimate of drug-likeness (QED) is 0.568. The predicted molar refractivity (Wildman–Crippen MR) is 104 cm³/mol. The Morgan fingerprint density at radius 3 is 2.22 bits per heavy atom. The van der Waals surface area contributed by atoms with Gasteiger partial charge in [0.25, 0.3) is 0 Å². The first kappa shape index (κ1) is 20.6. The number of aryl methyl sites for hydroxylation is 1. The zero-order valence-electron chi connectivity index (χ0n) is 15.1. The second-order valence-electron chi connectivity index (χ2n) is 5.94. The van der Waals surface area contributed by atoms with Gasteiger partial charge in [0.2, 0.25) is 21.8 Å². The van der Waals surface area contributed by atoms with Gasteiger partial charge >= 0.3 is 0 Å². The van der Waals surface area contributed by atoms with Crippen molar-refractivity contribution in [3.8, 4) is 0 Å². The second-order valence-corrected chi connectivity index (χ2v) is 7.71. The molecule has 0 bridgehead atoms. The third-order valence-electron chi connectivity index (χ3n) is 3.71. The minimum atomic E-state index is -3.67. The SMILES string of the molecule is CC(=O)Nc1ccc(S(=O)(=O)NCCNC(=O)CCc2ccccc2)cc1. The smallest absolute Gasteiger partial charge is 0.240 e. The standard InChI is InChI=1S/C19H23N3O4S/c1-15(23)22-17-8-10-18(11-9-17)27(25,26)21-14-13-20-19(24)12-7-16-5-3-2-4-6-16/h2-6,8-11,21H,7,12-14H2,1H3,(H,20,24)(H,22,23). The van der Waals surface area contributed by atoms with Crippen LogP contribution < -0.4 is 15.4 Å². The van der Waals surface area contributed by atoms with Gasteiger partial charge in [0.05, 0.1) is 4.90 Å². The number of benzene rings is 2. The van der Waals surface area contributed by atoms with Gasteiger partial charge in [-0.3, -0.25) is 9.59 Å². The summed E-state index contributed by atoms with van der Waals surface area (Å²) in [5, 5.41) is 5.26. The molecule has 7 nitrogen and oxygen atoms in total. The van der Waals surface area contributed by atoms with E-state index in [1.54, 1.807) is 0 Å². The maximum absolute atomic E-state index is 12.2. The van der Waals surface area contributed by atoms with E-state index >= 15 is 0 Å². The van der Waals surface area contributed by atoms with Crippen molar-refractivity contribution < 1.29 is 18.0 Å². The highest BCUT2D eigenvalue weighted by molar-refractivity contribution is 7.89. The van der Waals surface area contributed by atoms with E-state index in [1.165, 1.54) is 31.2 Å². The topological polar surface area (TPSA) is 104 Å². The second kappa shape index (κ2) is 9.84. The third kappa shape index (κ3) is 7.20. The molecule has 2 rings (SSSR count). The maximum atomic E-state index is 12.2. The molecule has 0 saturated carbocycles. The summed E-state index contributed by atoms with van der Waals surface area (Å²) in [4.78, 5) is 22.9. The molecule has 144 valence electrons. The van der Waals surface area contributed by atoms with E-state index in [-0.39, 0.29) is 29.8 Å². The zero-order valence-corrected chi connectivity index (χ0v) is 15.9. The van der Waals surface area contributed by atoms with Gasteiger partial charge in [-0.2, -0.15) is 0 Å². The van der Waals surface area contributed by atoms with Crippen molar-refractivity contribution in [2.75, 3.05) is 18.4 Å². The number of anilines is 1. The van der Waals surface area contributed by atoms with Gasteiger partial charge in [-0.25, -0.2) is 13.1 Å². The summed E-state index contributed by atoms with van der Waals surface area (Å²) in [7, 11) is -3.67. The molecule has 0 saturated heterocycles. The van der Waals surface area contributed by atoms with E-state index < -0.39 is 10.0 Å². The van der Waals surface area contributed by atoms with E-state index in [9.17, 15) is 18.0 Å². The predicted octanol–water partition coefficient (Wildman–Crippen LogP) is 1.67. The van der Waals surface area contributed by atoms with Crippen LogP contribution in [0.5, 0.6) is 0 Å². The van der Waals surface area contributed by atoms with Crippen LogP contribution in [0.2, 0.25) is 0 Å². The van der Waals surface area contributed by atoms with Crippen molar-refractivity contribution in [3.05, 3.63) is 60.2 Å². The molecule has 8 heteroatoms. The summed E-state index contributed by atoms with van der Waals surface area (Å²) in [5.74, 6) is -0.357. The van der Waals surface area contributed by atoms with Crippen LogP contribution in [-0.4, -0.2) is 33.3 Å². The lowest BCUT2D eigenvalue weighted by Crippen LogP contribution is -2.34. The molecule has 0 fully saturated rings. The van der Waals surface area contributed by atoms with E-state index in [4.69, 9.17) is 0 Å². The first-order chi connectivity index (χ1) is 12.9. The molecule has 27 heavy (non-hydrogen) atoms. The lowest BCUT2D eigenvalue weighted by atomic mass is 10.1. The van der Waals surface area contributed by atoms with Crippen LogP contribution >= 0.6 is 0 Å². The Bertz CT molecular complexity index is 866. The Morgan fingerprint density at radius 1 is 0.926 bits per heavy atom. The van der Waals surface area contributed by atoms with Crippen LogP contribution in [0.25, 0.3) is 0 Å². The summed E-state index contributed by atoms with van der Waals surface area (Å²) in [6.07, 6.45) is 0.987. The summed E-state index contributed by atoms with van der Waals surface area (Å²) in [6, 6.07) is 15.5. The molecule has 0 aliphatic carbocycles. The fraction of sp³-hybridized carbons (Fsp3) is 0.263. The van der Waals surface area contributed by atoms with Gasteiger partial charge < -0.3 is 10.6 Å². The number of nitrogens with one attached hydrogen (secondary N) is 3. The van der Waals surface area contributed by atoms with Crippen molar-refractivity contribution in [1.29, 1.82) is 0 Å². The van der Waals surface area contributed by atoms with E-state index in [1.807, 2.05) is 30.3 Å². The highest BCUT2D eigenvalue weighted by atomic mass is 32.2. The summed E-state index contributed by atoms with van der Waals surface area (Å²) >= 11 is 0. The van der Waals surface area contributed by atoms with Crippen LogP contribution in [0.1, 0.15) is 18.9 Å². The molecule has 0 aliphatic rings. The molecule has 0 radical (unpaired) electrons. The molecule has 0 aliphatic heterocycles. The molecule has 0 heterocycles. The molecule has 0 atom stereocenters. The van der Waals surface area contributed by atoms with Crippen molar-refractivity contribution >= 4 is 27.5 Å². The van der Waals surface area contributed by atoms with Crippen LogP contribution in [0.4, 0.5) is 5.69 Å². The molecule has 0 spiro atoms. The van der Waals surface area contributed by atoms with Gasteiger partial charge in [-0.1, -0.05) is 30.3 Å². The van der Waals surface area contributed by atoms with Crippen molar-refractivity contribution in [2.45, 2.75) is 24.7 Å². The maximum Gasteiger partial charge on any atom is 0.240 e. The minimum Gasteiger partial charge on any atom is -0.355 e. The van der Waals surface area contributed by atoms with Gasteiger partial charge in [0.15, 0.2) is 0 Å². The Kier molecular flexibility index (Phi) is 7.51. The zero-order chi connectivity index (χ0) is 19.7. The van der Waals surface area contributed by atoms with Crippen LogP contribution in [-0.2, 0) is 26.0 Å². The van der Waals surface area contributed by atoms with Crippen molar-refractivity contribution in [3.63, 3.8) is 0 Å². The lowest BCUT2D eigenvalue weighted by molar-refractivity contribution is -0.121. The number of amides is 2. The van der Waals surface area contributed by atoms with Crippen molar-refractivity contribution in [1.82, 2.24) is 10.0 Å². The van der Waals surface area contributed by atoms with Crippen molar-refractivity contribution in [2.24, 2.45) is 0 Å². The Hall–Kier alpha value is -2.71. The molecule has 0 aromatic heterocycles. The Labute approximate surface area is 159 Å². The molecule has 2 amide bonds. The van der Waals surface area contributed by atoms with Crippen LogP contribution in [0.3, 0.4) is 0 Å². The highest BCUT2D eigenvalue weighted by Crippen LogP contribution is 2.13. The number of sulfonamides is 1. The molecule has 3 N–H and O–H groups in total. The minimum absolute atomic E-state index is 0.0898. The van der Waals surface area contributed by atoms with Crippen LogP contribution in [0.15, 0.2) is 59.5 Å². The summed E-state index contributed by atoms with van der Waals surface area (Å²) in [6.45, 7) is 1.67. The summed E-state index contributed by atoms with van der Waals surface area (Å²) in [5.41, 5.74) is 1.60. The number of carbonyl (C=O) groups excluding carboxylic acids is 2. The van der Waals surface area contributed by atoms with Gasteiger partial charge in [0, 0.05) is 32.1 Å². The van der Waals surface area contributed by atoms with E-state index in [0.29, 0.717) is 18.5 Å². The first-order valence-electron chi connectivity index (χ1n) is 8.55.